The summed E-state index contributed by atoms with van der Waals surface area (Å²) < 4.78 is 11.4. The van der Waals surface area contributed by atoms with E-state index in [-0.39, 0.29) is 0 Å². The zero-order chi connectivity index (χ0) is 12.8. The standard InChI is InChI=1S/C15H23NO2/c1-12(2)11-18-15-8-4-3-7-14(15)16-10-13-6-5-9-17-13/h3-4,7-8,12-13,16H,5-6,9-11H2,1-2H3. The van der Waals surface area contributed by atoms with Crippen LogP contribution in [0.15, 0.2) is 24.3 Å². The third kappa shape index (κ3) is 3.91. The SMILES string of the molecule is CC(C)COc1ccccc1NCC1CCCO1. The summed E-state index contributed by atoms with van der Waals surface area (Å²) in [5.41, 5.74) is 1.06. The van der Waals surface area contributed by atoms with Crippen molar-refractivity contribution in [2.24, 2.45) is 5.92 Å². The number of hydrogen-bond donors (Lipinski definition) is 1. The van der Waals surface area contributed by atoms with Gasteiger partial charge in [0.2, 0.25) is 0 Å². The summed E-state index contributed by atoms with van der Waals surface area (Å²) in [4.78, 5) is 0. The molecule has 1 saturated heterocycles. The third-order valence-electron chi connectivity index (χ3n) is 3.00. The van der Waals surface area contributed by atoms with Gasteiger partial charge in [-0.25, -0.2) is 0 Å². The molecule has 18 heavy (non-hydrogen) atoms. The fourth-order valence-electron chi connectivity index (χ4n) is 2.02. The van der Waals surface area contributed by atoms with Gasteiger partial charge in [0.25, 0.3) is 0 Å². The van der Waals surface area contributed by atoms with Gasteiger partial charge in [0.05, 0.1) is 18.4 Å². The Kier molecular flexibility index (Phi) is 4.88. The third-order valence-corrected chi connectivity index (χ3v) is 3.00. The zero-order valence-corrected chi connectivity index (χ0v) is 11.3. The topological polar surface area (TPSA) is 30.5 Å². The first-order valence-electron chi connectivity index (χ1n) is 6.83. The van der Waals surface area contributed by atoms with Gasteiger partial charge in [-0.15, -0.1) is 0 Å². The summed E-state index contributed by atoms with van der Waals surface area (Å²) in [6.45, 7) is 6.82. The van der Waals surface area contributed by atoms with E-state index in [4.69, 9.17) is 9.47 Å². The first-order valence-corrected chi connectivity index (χ1v) is 6.83. The maximum absolute atomic E-state index is 5.81. The average Bonchev–Trinajstić information content (AvgIpc) is 2.88. The average molecular weight is 249 g/mol. The van der Waals surface area contributed by atoms with Gasteiger partial charge in [-0.3, -0.25) is 0 Å². The van der Waals surface area contributed by atoms with Gasteiger partial charge in [0.1, 0.15) is 5.75 Å². The Morgan fingerprint density at radius 2 is 2.22 bits per heavy atom. The fraction of sp³-hybridized carbons (Fsp3) is 0.600. The molecule has 1 heterocycles. The van der Waals surface area contributed by atoms with Crippen molar-refractivity contribution in [3.8, 4) is 5.75 Å². The van der Waals surface area contributed by atoms with E-state index in [0.717, 1.165) is 37.6 Å². The molecule has 1 aromatic carbocycles. The summed E-state index contributed by atoms with van der Waals surface area (Å²) >= 11 is 0. The molecule has 0 saturated carbocycles. The number of rotatable bonds is 6. The molecule has 1 aliphatic rings. The molecular weight excluding hydrogens is 226 g/mol. The second-order valence-electron chi connectivity index (χ2n) is 5.22. The van der Waals surface area contributed by atoms with E-state index in [9.17, 15) is 0 Å². The molecule has 2 rings (SSSR count). The number of ether oxygens (including phenoxy) is 2. The summed E-state index contributed by atoms with van der Waals surface area (Å²) in [5.74, 6) is 1.47. The number of hydrogen-bond acceptors (Lipinski definition) is 3. The molecule has 0 aliphatic carbocycles. The molecule has 0 spiro atoms. The Labute approximate surface area is 109 Å². The van der Waals surface area contributed by atoms with E-state index in [1.54, 1.807) is 0 Å². The van der Waals surface area contributed by atoms with Gasteiger partial charge in [0, 0.05) is 13.2 Å². The van der Waals surface area contributed by atoms with Crippen LogP contribution in [0.25, 0.3) is 0 Å². The Morgan fingerprint density at radius 3 is 2.94 bits per heavy atom. The summed E-state index contributed by atoms with van der Waals surface area (Å²) in [6, 6.07) is 8.11. The zero-order valence-electron chi connectivity index (χ0n) is 11.3. The molecule has 1 aromatic rings. The van der Waals surface area contributed by atoms with Gasteiger partial charge in [-0.2, -0.15) is 0 Å². The van der Waals surface area contributed by atoms with E-state index < -0.39 is 0 Å². The molecule has 1 atom stereocenters. The van der Waals surface area contributed by atoms with Crippen molar-refractivity contribution in [1.82, 2.24) is 0 Å². The first-order chi connectivity index (χ1) is 8.75. The van der Waals surface area contributed by atoms with E-state index in [0.29, 0.717) is 12.0 Å². The number of para-hydroxylation sites is 2. The summed E-state index contributed by atoms with van der Waals surface area (Å²) in [5, 5.41) is 3.43. The van der Waals surface area contributed by atoms with Crippen molar-refractivity contribution in [3.63, 3.8) is 0 Å². The maximum atomic E-state index is 5.81. The Bertz CT molecular complexity index is 359. The lowest BCUT2D eigenvalue weighted by molar-refractivity contribution is 0.120. The molecule has 3 nitrogen and oxygen atoms in total. The van der Waals surface area contributed by atoms with Crippen molar-refractivity contribution in [2.75, 3.05) is 25.1 Å². The molecule has 1 unspecified atom stereocenters. The molecule has 1 fully saturated rings. The number of benzene rings is 1. The van der Waals surface area contributed by atoms with Crippen LogP contribution in [-0.2, 0) is 4.74 Å². The second kappa shape index (κ2) is 6.64. The molecule has 0 amide bonds. The molecule has 0 radical (unpaired) electrons. The lowest BCUT2D eigenvalue weighted by atomic mass is 10.2. The van der Waals surface area contributed by atoms with Crippen LogP contribution in [0.3, 0.4) is 0 Å². The fourth-order valence-corrected chi connectivity index (χ4v) is 2.02. The van der Waals surface area contributed by atoms with E-state index in [1.807, 2.05) is 18.2 Å². The summed E-state index contributed by atoms with van der Waals surface area (Å²) in [6.07, 6.45) is 2.68. The Balaban J connectivity index is 1.89. The molecule has 0 bridgehead atoms. The highest BCUT2D eigenvalue weighted by molar-refractivity contribution is 5.56. The molecule has 1 N–H and O–H groups in total. The highest BCUT2D eigenvalue weighted by atomic mass is 16.5. The van der Waals surface area contributed by atoms with Gasteiger partial charge < -0.3 is 14.8 Å². The quantitative estimate of drug-likeness (QED) is 0.839. The molecule has 100 valence electrons. The molecule has 0 aromatic heterocycles. The van der Waals surface area contributed by atoms with Crippen LogP contribution < -0.4 is 10.1 Å². The highest BCUT2D eigenvalue weighted by Crippen LogP contribution is 2.25. The van der Waals surface area contributed by atoms with Crippen LogP contribution >= 0.6 is 0 Å². The second-order valence-corrected chi connectivity index (χ2v) is 5.22. The van der Waals surface area contributed by atoms with E-state index in [2.05, 4.69) is 25.2 Å². The van der Waals surface area contributed by atoms with E-state index in [1.165, 1.54) is 6.42 Å². The Morgan fingerprint density at radius 1 is 1.39 bits per heavy atom. The summed E-state index contributed by atoms with van der Waals surface area (Å²) in [7, 11) is 0. The predicted octanol–water partition coefficient (Wildman–Crippen LogP) is 3.31. The van der Waals surface area contributed by atoms with Crippen molar-refractivity contribution >= 4 is 5.69 Å². The van der Waals surface area contributed by atoms with Crippen molar-refractivity contribution < 1.29 is 9.47 Å². The van der Waals surface area contributed by atoms with Crippen LogP contribution in [0.5, 0.6) is 5.75 Å². The maximum Gasteiger partial charge on any atom is 0.142 e. The van der Waals surface area contributed by atoms with Crippen LogP contribution in [0.2, 0.25) is 0 Å². The van der Waals surface area contributed by atoms with Gasteiger partial charge in [0.15, 0.2) is 0 Å². The molecule has 3 heteroatoms. The van der Waals surface area contributed by atoms with Crippen LogP contribution in [0.1, 0.15) is 26.7 Å². The van der Waals surface area contributed by atoms with Gasteiger partial charge in [-0.05, 0) is 30.9 Å². The molecular formula is C15H23NO2. The van der Waals surface area contributed by atoms with Gasteiger partial charge >= 0.3 is 0 Å². The van der Waals surface area contributed by atoms with Crippen LogP contribution in [-0.4, -0.2) is 25.9 Å². The van der Waals surface area contributed by atoms with Crippen LogP contribution in [0, 0.1) is 5.92 Å². The van der Waals surface area contributed by atoms with Crippen molar-refractivity contribution in [2.45, 2.75) is 32.8 Å². The van der Waals surface area contributed by atoms with Gasteiger partial charge in [-0.1, -0.05) is 26.0 Å². The van der Waals surface area contributed by atoms with E-state index >= 15 is 0 Å². The monoisotopic (exact) mass is 249 g/mol. The van der Waals surface area contributed by atoms with Crippen molar-refractivity contribution in [3.05, 3.63) is 24.3 Å². The normalized spacial score (nSPS) is 19.2. The minimum Gasteiger partial charge on any atom is -0.491 e. The lowest BCUT2D eigenvalue weighted by Crippen LogP contribution is -2.19. The number of nitrogens with one attached hydrogen (secondary N) is 1. The largest absolute Gasteiger partial charge is 0.491 e. The molecule has 1 aliphatic heterocycles. The number of anilines is 1. The lowest BCUT2D eigenvalue weighted by Gasteiger charge is -2.16. The highest BCUT2D eigenvalue weighted by Gasteiger charge is 2.15. The van der Waals surface area contributed by atoms with Crippen molar-refractivity contribution in [1.29, 1.82) is 0 Å². The smallest absolute Gasteiger partial charge is 0.142 e. The van der Waals surface area contributed by atoms with Crippen LogP contribution in [0.4, 0.5) is 5.69 Å². The minimum atomic E-state index is 0.350. The minimum absolute atomic E-state index is 0.350. The predicted molar refractivity (Wildman–Crippen MR) is 74.2 cm³/mol. The Hall–Kier alpha value is -1.22. The first kappa shape index (κ1) is 13.2.